The smallest absolute Gasteiger partial charge is 0.127 e. The van der Waals surface area contributed by atoms with E-state index in [9.17, 15) is 0 Å². The van der Waals surface area contributed by atoms with Gasteiger partial charge in [0.2, 0.25) is 0 Å². The van der Waals surface area contributed by atoms with Gasteiger partial charge in [0.15, 0.2) is 0 Å². The van der Waals surface area contributed by atoms with Crippen LogP contribution in [-0.2, 0) is 11.2 Å². The van der Waals surface area contributed by atoms with E-state index in [-0.39, 0.29) is 6.10 Å². The Morgan fingerprint density at radius 2 is 2.24 bits per heavy atom. The molecule has 0 saturated heterocycles. The van der Waals surface area contributed by atoms with Gasteiger partial charge in [-0.1, -0.05) is 0 Å². The molecule has 0 bridgehead atoms. The lowest BCUT2D eigenvalue weighted by Gasteiger charge is -2.20. The molecule has 2 aromatic rings. The lowest BCUT2D eigenvalue weighted by molar-refractivity contribution is 0.0524. The Kier molecular flexibility index (Phi) is 4.22. The van der Waals surface area contributed by atoms with E-state index in [4.69, 9.17) is 9.72 Å². The van der Waals surface area contributed by atoms with Crippen molar-refractivity contribution in [2.45, 2.75) is 32.3 Å². The highest BCUT2D eigenvalue weighted by Gasteiger charge is 2.25. The third-order valence-electron chi connectivity index (χ3n) is 3.72. The van der Waals surface area contributed by atoms with E-state index in [2.05, 4.69) is 18.0 Å². The van der Waals surface area contributed by atoms with Gasteiger partial charge >= 0.3 is 0 Å². The molecule has 0 aliphatic heterocycles. The molecule has 2 aromatic heterocycles. The van der Waals surface area contributed by atoms with Gasteiger partial charge in [-0.15, -0.1) is 11.3 Å². The topological polar surface area (TPSA) is 38.2 Å². The molecule has 0 amide bonds. The molecule has 0 aromatic carbocycles. The quantitative estimate of drug-likeness (QED) is 0.863. The van der Waals surface area contributed by atoms with Crippen LogP contribution in [0, 0.1) is 0 Å². The first-order valence-electron chi connectivity index (χ1n) is 7.44. The normalized spacial score (nSPS) is 17.6. The monoisotopic (exact) mass is 303 g/mol. The fourth-order valence-electron chi connectivity index (χ4n) is 2.64. The third-order valence-corrected chi connectivity index (χ3v) is 4.96. The highest BCUT2D eigenvalue weighted by molar-refractivity contribution is 7.15. The molecule has 3 rings (SSSR count). The number of fused-ring (bicyclic) bond motifs is 1. The van der Waals surface area contributed by atoms with E-state index < -0.39 is 0 Å². The summed E-state index contributed by atoms with van der Waals surface area (Å²) in [6.45, 7) is 2.82. The Bertz CT molecular complexity index is 606. The molecule has 0 saturated carbocycles. The lowest BCUT2D eigenvalue weighted by atomic mass is 10.0. The molecule has 0 radical (unpaired) electrons. The van der Waals surface area contributed by atoms with Gasteiger partial charge in [0.05, 0.1) is 16.7 Å². The fraction of sp³-hybridized carbons (Fsp3) is 0.500. The van der Waals surface area contributed by atoms with E-state index in [1.807, 2.05) is 31.3 Å². The van der Waals surface area contributed by atoms with E-state index in [0.717, 1.165) is 35.8 Å². The molecule has 1 aliphatic rings. The number of aryl methyl sites for hydroxylation is 1. The van der Waals surface area contributed by atoms with Crippen LogP contribution in [0.5, 0.6) is 0 Å². The number of rotatable bonds is 4. The number of hydrogen-bond acceptors (Lipinski definition) is 5. The second kappa shape index (κ2) is 6.12. The summed E-state index contributed by atoms with van der Waals surface area (Å²) in [7, 11) is 3.99. The molecule has 112 valence electrons. The molecule has 2 heterocycles. The molecule has 5 heteroatoms. The number of aromatic nitrogens is 2. The van der Waals surface area contributed by atoms with E-state index in [1.165, 1.54) is 17.0 Å². The van der Waals surface area contributed by atoms with Gasteiger partial charge in [0.25, 0.3) is 0 Å². The van der Waals surface area contributed by atoms with Crippen LogP contribution in [0.15, 0.2) is 18.3 Å². The average Bonchev–Trinajstić information content (AvgIpc) is 2.93. The van der Waals surface area contributed by atoms with Crippen LogP contribution in [-0.4, -0.2) is 30.7 Å². The van der Waals surface area contributed by atoms with E-state index >= 15 is 0 Å². The maximum absolute atomic E-state index is 5.86. The molecular weight excluding hydrogens is 282 g/mol. The number of anilines is 1. The van der Waals surface area contributed by atoms with Crippen LogP contribution in [0.2, 0.25) is 0 Å². The Labute approximate surface area is 129 Å². The van der Waals surface area contributed by atoms with Crippen LogP contribution < -0.4 is 4.90 Å². The van der Waals surface area contributed by atoms with Crippen LogP contribution in [0.25, 0.3) is 10.6 Å². The molecule has 0 spiro atoms. The third kappa shape index (κ3) is 2.94. The zero-order chi connectivity index (χ0) is 14.8. The molecule has 4 nitrogen and oxygen atoms in total. The minimum Gasteiger partial charge on any atom is -0.373 e. The van der Waals surface area contributed by atoms with Gasteiger partial charge in [-0.3, -0.25) is 0 Å². The standard InChI is InChI=1S/C16H21N3OS/c1-4-20-13-7-5-6-12-15(13)21-16(18-12)11-8-9-14(17-10-11)19(2)3/h8-10,13H,4-7H2,1-3H3. The van der Waals surface area contributed by atoms with Crippen molar-refractivity contribution in [2.24, 2.45) is 0 Å². The van der Waals surface area contributed by atoms with Crippen molar-refractivity contribution in [3.63, 3.8) is 0 Å². The molecule has 1 unspecified atom stereocenters. The number of nitrogens with zero attached hydrogens (tertiary/aromatic N) is 3. The Balaban J connectivity index is 1.90. The summed E-state index contributed by atoms with van der Waals surface area (Å²) >= 11 is 1.76. The van der Waals surface area contributed by atoms with Crippen molar-refractivity contribution in [1.29, 1.82) is 0 Å². The van der Waals surface area contributed by atoms with E-state index in [1.54, 1.807) is 11.3 Å². The van der Waals surface area contributed by atoms with Crippen LogP contribution >= 0.6 is 11.3 Å². The van der Waals surface area contributed by atoms with E-state index in [0.29, 0.717) is 0 Å². The first-order chi connectivity index (χ1) is 10.2. The zero-order valence-corrected chi connectivity index (χ0v) is 13.6. The van der Waals surface area contributed by atoms with Crippen molar-refractivity contribution in [2.75, 3.05) is 25.6 Å². The zero-order valence-electron chi connectivity index (χ0n) is 12.8. The minimum atomic E-state index is 0.235. The predicted octanol–water partition coefficient (Wildman–Crippen LogP) is 3.69. The Morgan fingerprint density at radius 3 is 2.90 bits per heavy atom. The molecule has 1 atom stereocenters. The van der Waals surface area contributed by atoms with Crippen molar-refractivity contribution >= 4 is 17.2 Å². The predicted molar refractivity (Wildman–Crippen MR) is 87.0 cm³/mol. The summed E-state index contributed by atoms with van der Waals surface area (Å²) in [5, 5.41) is 1.06. The summed E-state index contributed by atoms with van der Waals surface area (Å²) in [5.41, 5.74) is 2.31. The highest BCUT2D eigenvalue weighted by atomic mass is 32.1. The van der Waals surface area contributed by atoms with Gasteiger partial charge < -0.3 is 9.64 Å². The second-order valence-corrected chi connectivity index (χ2v) is 6.50. The molecule has 21 heavy (non-hydrogen) atoms. The lowest BCUT2D eigenvalue weighted by Crippen LogP contribution is -2.10. The van der Waals surface area contributed by atoms with Crippen molar-refractivity contribution in [1.82, 2.24) is 9.97 Å². The molecular formula is C16H21N3OS. The largest absolute Gasteiger partial charge is 0.373 e. The SMILES string of the molecule is CCOC1CCCc2nc(-c3ccc(N(C)C)nc3)sc21. The van der Waals surface area contributed by atoms with Crippen molar-refractivity contribution in [3.05, 3.63) is 28.9 Å². The Morgan fingerprint density at radius 1 is 1.38 bits per heavy atom. The number of hydrogen-bond donors (Lipinski definition) is 0. The molecule has 0 fully saturated rings. The maximum Gasteiger partial charge on any atom is 0.127 e. The number of thiazole rings is 1. The first kappa shape index (κ1) is 14.5. The van der Waals surface area contributed by atoms with Gasteiger partial charge in [-0.05, 0) is 38.3 Å². The van der Waals surface area contributed by atoms with Crippen LogP contribution in [0.3, 0.4) is 0 Å². The van der Waals surface area contributed by atoms with Gasteiger partial charge in [-0.25, -0.2) is 9.97 Å². The van der Waals surface area contributed by atoms with Crippen LogP contribution in [0.1, 0.15) is 36.4 Å². The Hall–Kier alpha value is -1.46. The average molecular weight is 303 g/mol. The van der Waals surface area contributed by atoms with Crippen molar-refractivity contribution in [3.8, 4) is 10.6 Å². The van der Waals surface area contributed by atoms with Gasteiger partial charge in [0, 0.05) is 32.5 Å². The first-order valence-corrected chi connectivity index (χ1v) is 8.25. The second-order valence-electron chi connectivity index (χ2n) is 5.47. The summed E-state index contributed by atoms with van der Waals surface area (Å²) in [6.07, 6.45) is 5.49. The van der Waals surface area contributed by atoms with Crippen molar-refractivity contribution < 1.29 is 4.74 Å². The summed E-state index contributed by atoms with van der Waals surface area (Å²) in [5.74, 6) is 0.965. The number of ether oxygens (including phenoxy) is 1. The maximum atomic E-state index is 5.86. The number of pyridine rings is 1. The fourth-order valence-corrected chi connectivity index (χ4v) is 3.83. The highest BCUT2D eigenvalue weighted by Crippen LogP contribution is 2.39. The molecule has 0 N–H and O–H groups in total. The summed E-state index contributed by atoms with van der Waals surface area (Å²) < 4.78 is 5.86. The summed E-state index contributed by atoms with van der Waals surface area (Å²) in [4.78, 5) is 12.6. The molecule has 1 aliphatic carbocycles. The van der Waals surface area contributed by atoms with Gasteiger partial charge in [-0.2, -0.15) is 0 Å². The summed E-state index contributed by atoms with van der Waals surface area (Å²) in [6, 6.07) is 4.14. The minimum absolute atomic E-state index is 0.235. The van der Waals surface area contributed by atoms with Crippen LogP contribution in [0.4, 0.5) is 5.82 Å². The van der Waals surface area contributed by atoms with Gasteiger partial charge in [0.1, 0.15) is 10.8 Å².